The lowest BCUT2D eigenvalue weighted by molar-refractivity contribution is -0.170. The first-order chi connectivity index (χ1) is 27.5. The summed E-state index contributed by atoms with van der Waals surface area (Å²) in [6.07, 6.45) is -0.521. The van der Waals surface area contributed by atoms with Gasteiger partial charge in [0.1, 0.15) is 17.9 Å². The molecule has 16 heteroatoms. The molecule has 1 saturated carbocycles. The smallest absolute Gasteiger partial charge is 0.415 e. The summed E-state index contributed by atoms with van der Waals surface area (Å²) in [5.41, 5.74) is 3.62. The normalized spacial score (nSPS) is 19.1. The molecular formula is C43H70N4O12. The SMILES string of the molecule is COCCCOc1cc(C[C@@H](C[C@H]2[C@H](C[C@H](C(=O)NCC(C)(C)C(N)=O)C(C)C)OCN2C(=O)OC(C)OC(=O)C2(NC(=O)OC(C)(C)C)CC2)C(C)C)ccc1OC. The van der Waals surface area contributed by atoms with Crippen molar-refractivity contribution in [2.45, 2.75) is 137 Å². The maximum absolute atomic E-state index is 14.0. The first-order valence-corrected chi connectivity index (χ1v) is 20.7. The maximum atomic E-state index is 14.0. The first kappa shape index (κ1) is 49.1. The number of carbonyl (C=O) groups excluding carboxylic acids is 5. The molecule has 1 aliphatic heterocycles. The summed E-state index contributed by atoms with van der Waals surface area (Å²) in [4.78, 5) is 66.7. The molecule has 1 saturated heterocycles. The van der Waals surface area contributed by atoms with Crippen molar-refractivity contribution in [2.75, 3.05) is 40.7 Å². The summed E-state index contributed by atoms with van der Waals surface area (Å²) < 4.78 is 39.7. The average Bonchev–Trinajstić information content (AvgIpc) is 3.81. The Bertz CT molecular complexity index is 1590. The molecular weight excluding hydrogens is 764 g/mol. The van der Waals surface area contributed by atoms with Crippen LogP contribution in [0.1, 0.15) is 107 Å². The number of nitrogens with two attached hydrogens (primary N) is 1. The van der Waals surface area contributed by atoms with Crippen LogP contribution in [-0.2, 0) is 44.5 Å². The van der Waals surface area contributed by atoms with Crippen LogP contribution in [-0.4, -0.2) is 105 Å². The average molecular weight is 835 g/mol. The van der Waals surface area contributed by atoms with Gasteiger partial charge in [0.05, 0.1) is 31.3 Å². The van der Waals surface area contributed by atoms with E-state index in [1.807, 2.05) is 32.0 Å². The number of alkyl carbamates (subject to hydrolysis) is 1. The minimum Gasteiger partial charge on any atom is -0.493 e. The van der Waals surface area contributed by atoms with Gasteiger partial charge in [0.2, 0.25) is 18.1 Å². The Balaban J connectivity index is 1.85. The second kappa shape index (κ2) is 21.3. The highest BCUT2D eigenvalue weighted by molar-refractivity contribution is 5.89. The van der Waals surface area contributed by atoms with E-state index in [-0.39, 0.29) is 43.4 Å². The van der Waals surface area contributed by atoms with Gasteiger partial charge in [0.25, 0.3) is 0 Å². The van der Waals surface area contributed by atoms with E-state index in [2.05, 4.69) is 24.5 Å². The minimum absolute atomic E-state index is 0.0285. The van der Waals surface area contributed by atoms with Crippen molar-refractivity contribution >= 4 is 30.0 Å². The van der Waals surface area contributed by atoms with E-state index in [0.29, 0.717) is 56.8 Å². The number of ether oxygens (including phenoxy) is 7. The molecule has 1 aromatic rings. The van der Waals surface area contributed by atoms with Crippen molar-refractivity contribution in [2.24, 2.45) is 34.8 Å². The Hall–Kier alpha value is -4.31. The largest absolute Gasteiger partial charge is 0.493 e. The minimum atomic E-state index is -1.29. The van der Waals surface area contributed by atoms with Crippen LogP contribution < -0.4 is 25.8 Å². The number of rotatable bonds is 22. The van der Waals surface area contributed by atoms with Crippen LogP contribution in [0.25, 0.3) is 0 Å². The monoisotopic (exact) mass is 834 g/mol. The van der Waals surface area contributed by atoms with Crippen LogP contribution >= 0.6 is 0 Å². The lowest BCUT2D eigenvalue weighted by atomic mass is 9.80. The molecule has 0 spiro atoms. The van der Waals surface area contributed by atoms with Crippen molar-refractivity contribution in [3.8, 4) is 11.5 Å². The second-order valence-corrected chi connectivity index (χ2v) is 18.1. The predicted octanol–water partition coefficient (Wildman–Crippen LogP) is 5.72. The molecule has 0 radical (unpaired) electrons. The number of carbonyl (C=O) groups is 5. The molecule has 2 aliphatic rings. The van der Waals surface area contributed by atoms with Crippen molar-refractivity contribution in [1.82, 2.24) is 15.5 Å². The van der Waals surface area contributed by atoms with Gasteiger partial charge in [-0.1, -0.05) is 33.8 Å². The summed E-state index contributed by atoms with van der Waals surface area (Å²) in [5, 5.41) is 5.51. The molecule has 1 aromatic carbocycles. The quantitative estimate of drug-likeness (QED) is 0.0730. The molecule has 1 aliphatic carbocycles. The third-order valence-electron chi connectivity index (χ3n) is 10.9. The zero-order valence-electron chi connectivity index (χ0n) is 37.3. The number of nitrogens with one attached hydrogen (secondary N) is 2. The third kappa shape index (κ3) is 14.7. The van der Waals surface area contributed by atoms with Crippen molar-refractivity contribution in [3.05, 3.63) is 23.8 Å². The van der Waals surface area contributed by atoms with Crippen LogP contribution in [0.15, 0.2) is 18.2 Å². The van der Waals surface area contributed by atoms with Gasteiger partial charge in [-0.05, 0) is 102 Å². The summed E-state index contributed by atoms with van der Waals surface area (Å²) in [7, 11) is 3.24. The van der Waals surface area contributed by atoms with E-state index >= 15 is 0 Å². The zero-order valence-corrected chi connectivity index (χ0v) is 37.3. The zero-order chi connectivity index (χ0) is 44.3. The number of primary amides is 1. The molecule has 3 rings (SSSR count). The fourth-order valence-corrected chi connectivity index (χ4v) is 6.79. The van der Waals surface area contributed by atoms with Crippen LogP contribution in [0.5, 0.6) is 11.5 Å². The molecule has 0 bridgehead atoms. The van der Waals surface area contributed by atoms with Gasteiger partial charge in [-0.25, -0.2) is 14.4 Å². The van der Waals surface area contributed by atoms with E-state index in [4.69, 9.17) is 38.9 Å². The number of methoxy groups -OCH3 is 2. The highest BCUT2D eigenvalue weighted by Gasteiger charge is 2.54. The van der Waals surface area contributed by atoms with Crippen molar-refractivity contribution in [3.63, 3.8) is 0 Å². The van der Waals surface area contributed by atoms with Crippen LogP contribution in [0.2, 0.25) is 0 Å². The van der Waals surface area contributed by atoms with E-state index < -0.39 is 65.0 Å². The Morgan fingerprint density at radius 2 is 1.61 bits per heavy atom. The van der Waals surface area contributed by atoms with Crippen molar-refractivity contribution < 1.29 is 57.1 Å². The van der Waals surface area contributed by atoms with E-state index in [9.17, 15) is 24.0 Å². The van der Waals surface area contributed by atoms with Gasteiger partial charge >= 0.3 is 18.2 Å². The molecule has 16 nitrogen and oxygen atoms in total. The Labute approximate surface area is 350 Å². The Kier molecular flexibility index (Phi) is 17.7. The van der Waals surface area contributed by atoms with Crippen LogP contribution in [0.3, 0.4) is 0 Å². The van der Waals surface area contributed by atoms with Gasteiger partial charge in [0, 0.05) is 39.5 Å². The number of esters is 1. The Morgan fingerprint density at radius 3 is 2.17 bits per heavy atom. The molecule has 5 atom stereocenters. The summed E-state index contributed by atoms with van der Waals surface area (Å²) in [6.45, 7) is 19.0. The summed E-state index contributed by atoms with van der Waals surface area (Å²) >= 11 is 0. The lowest BCUT2D eigenvalue weighted by Gasteiger charge is -2.33. The predicted molar refractivity (Wildman–Crippen MR) is 219 cm³/mol. The van der Waals surface area contributed by atoms with Gasteiger partial charge in [-0.3, -0.25) is 14.5 Å². The number of hydrogen-bond donors (Lipinski definition) is 3. The molecule has 1 unspecified atom stereocenters. The van der Waals surface area contributed by atoms with Crippen molar-refractivity contribution in [1.29, 1.82) is 0 Å². The van der Waals surface area contributed by atoms with Gasteiger partial charge in [-0.15, -0.1) is 0 Å². The molecule has 1 heterocycles. The molecule has 0 aromatic heterocycles. The van der Waals surface area contributed by atoms with E-state index in [0.717, 1.165) is 5.56 Å². The lowest BCUT2D eigenvalue weighted by Crippen LogP contribution is -2.48. The number of benzene rings is 1. The maximum Gasteiger partial charge on any atom is 0.415 e. The van der Waals surface area contributed by atoms with Gasteiger partial charge < -0.3 is 49.5 Å². The first-order valence-electron chi connectivity index (χ1n) is 20.7. The third-order valence-corrected chi connectivity index (χ3v) is 10.9. The Morgan fingerprint density at radius 1 is 0.932 bits per heavy atom. The van der Waals surface area contributed by atoms with Gasteiger partial charge in [0.15, 0.2) is 11.5 Å². The van der Waals surface area contributed by atoms with E-state index in [1.54, 1.807) is 48.8 Å². The number of nitrogens with zero attached hydrogens (tertiary/aromatic N) is 1. The fourth-order valence-electron chi connectivity index (χ4n) is 6.79. The van der Waals surface area contributed by atoms with E-state index in [1.165, 1.54) is 11.8 Å². The fraction of sp³-hybridized carbons (Fsp3) is 0.744. The van der Waals surface area contributed by atoms with Crippen LogP contribution in [0, 0.1) is 29.1 Å². The standard InChI is InChI=1S/C43H70N4O12/c1-26(2)30(20-29-14-15-33(54-12)35(21-29)55-19-13-18-53-11)22-32-34(23-31(27(3)4)36(48)45-24-42(9,10)37(44)49)56-25-47(32)40(52)58-28(5)57-38(50)43(16-17-43)46-39(51)59-41(6,7)8/h14-15,21,26-28,30-32,34H,13,16-20,22-25H2,1-12H3,(H2,44,49)(H,45,48)(H,46,51)/t28?,30-,31-,32-,34-/m0/s1. The molecule has 4 amide bonds. The number of amides is 4. The highest BCUT2D eigenvalue weighted by Crippen LogP contribution is 2.38. The topological polar surface area (TPSA) is 203 Å². The molecule has 59 heavy (non-hydrogen) atoms. The molecule has 4 N–H and O–H groups in total. The summed E-state index contributed by atoms with van der Waals surface area (Å²) in [5.74, 6) is -0.708. The van der Waals surface area contributed by atoms with Gasteiger partial charge in [-0.2, -0.15) is 0 Å². The second-order valence-electron chi connectivity index (χ2n) is 18.1. The molecule has 2 fully saturated rings. The summed E-state index contributed by atoms with van der Waals surface area (Å²) in [6, 6.07) is 5.33. The highest BCUT2D eigenvalue weighted by atomic mass is 16.7. The van der Waals surface area contributed by atoms with Crippen LogP contribution in [0.4, 0.5) is 9.59 Å². The molecule has 334 valence electrons. The number of hydrogen-bond acceptors (Lipinski definition) is 12.